The van der Waals surface area contributed by atoms with Crippen LogP contribution in [0.3, 0.4) is 0 Å². The van der Waals surface area contributed by atoms with Gasteiger partial charge in [0.2, 0.25) is 0 Å². The van der Waals surface area contributed by atoms with Crippen LogP contribution in [-0.2, 0) is 12.8 Å². The van der Waals surface area contributed by atoms with Crippen molar-refractivity contribution >= 4 is 23.7 Å². The highest BCUT2D eigenvalue weighted by molar-refractivity contribution is 6.09. The highest BCUT2D eigenvalue weighted by Crippen LogP contribution is 2.17. The molecule has 0 saturated heterocycles. The van der Waals surface area contributed by atoms with Gasteiger partial charge < -0.3 is 0 Å². The number of carbonyl (C=O) groups is 2. The van der Waals surface area contributed by atoms with Crippen molar-refractivity contribution in [1.82, 2.24) is 0 Å². The van der Waals surface area contributed by atoms with E-state index in [1.165, 1.54) is 11.1 Å². The van der Waals surface area contributed by atoms with Crippen LogP contribution in [0, 0.1) is 13.8 Å². The average molecular weight is 521 g/mol. The van der Waals surface area contributed by atoms with E-state index in [1.54, 1.807) is 0 Å². The fourth-order valence-corrected chi connectivity index (χ4v) is 4.65. The molecule has 0 aliphatic rings. The van der Waals surface area contributed by atoms with Gasteiger partial charge in [0.05, 0.1) is 0 Å². The van der Waals surface area contributed by atoms with Crippen molar-refractivity contribution in [3.8, 4) is 0 Å². The summed E-state index contributed by atoms with van der Waals surface area (Å²) in [4.78, 5) is 25.5. The Morgan fingerprint density at radius 3 is 1.43 bits per heavy atom. The van der Waals surface area contributed by atoms with E-state index in [1.807, 2.05) is 98.8 Å². The Labute approximate surface area is 236 Å². The van der Waals surface area contributed by atoms with Gasteiger partial charge in [-0.1, -0.05) is 145 Å². The largest absolute Gasteiger partial charge is 0.289 e. The lowest BCUT2D eigenvalue weighted by Gasteiger charge is -2.06. The summed E-state index contributed by atoms with van der Waals surface area (Å²) >= 11 is 0. The number of ketones is 2. The van der Waals surface area contributed by atoms with Crippen molar-refractivity contribution in [2.45, 2.75) is 26.7 Å². The Morgan fingerprint density at radius 2 is 0.900 bits per heavy atom. The van der Waals surface area contributed by atoms with Crippen molar-refractivity contribution in [1.29, 1.82) is 0 Å². The SMILES string of the molecule is Cc1ccc(C(=O)c2ccc(C=Cc3cccc(CCc4ccc(C(=O)c5ccc(C)cc5)cc4)c3)cc2)cc1. The highest BCUT2D eigenvalue weighted by atomic mass is 16.1. The van der Waals surface area contributed by atoms with Crippen molar-refractivity contribution in [2.24, 2.45) is 0 Å². The van der Waals surface area contributed by atoms with Crippen LogP contribution < -0.4 is 0 Å². The summed E-state index contributed by atoms with van der Waals surface area (Å²) in [7, 11) is 0. The molecule has 5 aromatic rings. The lowest BCUT2D eigenvalue weighted by atomic mass is 9.98. The summed E-state index contributed by atoms with van der Waals surface area (Å²) in [6.07, 6.45) is 6.00. The van der Waals surface area contributed by atoms with Gasteiger partial charge in [0.1, 0.15) is 0 Å². The summed E-state index contributed by atoms with van der Waals surface area (Å²) in [5, 5.41) is 0. The van der Waals surface area contributed by atoms with Gasteiger partial charge in [-0.15, -0.1) is 0 Å². The minimum Gasteiger partial charge on any atom is -0.289 e. The van der Waals surface area contributed by atoms with Crippen LogP contribution in [0.2, 0.25) is 0 Å². The number of aryl methyl sites for hydroxylation is 4. The van der Waals surface area contributed by atoms with E-state index in [0.717, 1.165) is 40.7 Å². The van der Waals surface area contributed by atoms with E-state index in [-0.39, 0.29) is 11.6 Å². The van der Waals surface area contributed by atoms with Gasteiger partial charge in [-0.2, -0.15) is 0 Å². The third-order valence-electron chi connectivity index (χ3n) is 7.14. The van der Waals surface area contributed by atoms with Crippen molar-refractivity contribution < 1.29 is 9.59 Å². The second-order valence-corrected chi connectivity index (χ2v) is 10.3. The molecule has 5 rings (SSSR count). The first-order chi connectivity index (χ1) is 19.4. The maximum atomic E-state index is 12.7. The van der Waals surface area contributed by atoms with E-state index in [2.05, 4.69) is 48.6 Å². The van der Waals surface area contributed by atoms with Gasteiger partial charge in [-0.05, 0) is 48.9 Å². The molecule has 0 fully saturated rings. The molecule has 0 saturated carbocycles. The molecule has 0 heterocycles. The monoisotopic (exact) mass is 520 g/mol. The maximum Gasteiger partial charge on any atom is 0.193 e. The van der Waals surface area contributed by atoms with Crippen LogP contribution in [-0.4, -0.2) is 11.6 Å². The van der Waals surface area contributed by atoms with Gasteiger partial charge in [0, 0.05) is 22.3 Å². The van der Waals surface area contributed by atoms with Crippen LogP contribution in [0.25, 0.3) is 12.2 Å². The normalized spacial score (nSPS) is 11.1. The number of hydrogen-bond donors (Lipinski definition) is 0. The smallest absolute Gasteiger partial charge is 0.193 e. The Balaban J connectivity index is 1.18. The molecule has 0 unspecified atom stereocenters. The minimum absolute atomic E-state index is 0.0377. The van der Waals surface area contributed by atoms with E-state index in [4.69, 9.17) is 0 Å². The molecule has 196 valence electrons. The molecule has 0 bridgehead atoms. The van der Waals surface area contributed by atoms with Gasteiger partial charge in [0.15, 0.2) is 11.6 Å². The molecule has 5 aromatic carbocycles. The predicted molar refractivity (Wildman–Crippen MR) is 165 cm³/mol. The zero-order valence-electron chi connectivity index (χ0n) is 22.9. The van der Waals surface area contributed by atoms with Crippen molar-refractivity contribution in [2.75, 3.05) is 0 Å². The molecule has 0 aromatic heterocycles. The van der Waals surface area contributed by atoms with Crippen LogP contribution in [0.15, 0.2) is 121 Å². The fraction of sp³-hybridized carbons (Fsp3) is 0.105. The van der Waals surface area contributed by atoms with Gasteiger partial charge in [-0.3, -0.25) is 9.59 Å². The number of hydrogen-bond acceptors (Lipinski definition) is 2. The molecule has 0 atom stereocenters. The van der Waals surface area contributed by atoms with Crippen LogP contribution in [0.1, 0.15) is 65.2 Å². The molecule has 0 aliphatic carbocycles. The van der Waals surface area contributed by atoms with E-state index in [9.17, 15) is 9.59 Å². The minimum atomic E-state index is 0.0377. The molecular formula is C38H32O2. The van der Waals surface area contributed by atoms with Crippen LogP contribution >= 0.6 is 0 Å². The van der Waals surface area contributed by atoms with Crippen molar-refractivity contribution in [3.05, 3.63) is 177 Å². The van der Waals surface area contributed by atoms with E-state index >= 15 is 0 Å². The number of benzene rings is 5. The third kappa shape index (κ3) is 6.78. The summed E-state index contributed by atoms with van der Waals surface area (Å²) in [5.41, 5.74) is 9.77. The zero-order valence-corrected chi connectivity index (χ0v) is 22.9. The molecule has 2 heteroatoms. The summed E-state index contributed by atoms with van der Waals surface area (Å²) < 4.78 is 0. The van der Waals surface area contributed by atoms with E-state index in [0.29, 0.717) is 16.7 Å². The summed E-state index contributed by atoms with van der Waals surface area (Å²) in [5.74, 6) is 0.0919. The Hall–Kier alpha value is -4.82. The third-order valence-corrected chi connectivity index (χ3v) is 7.14. The topological polar surface area (TPSA) is 34.1 Å². The van der Waals surface area contributed by atoms with Crippen LogP contribution in [0.4, 0.5) is 0 Å². The lowest BCUT2D eigenvalue weighted by Crippen LogP contribution is -2.01. The molecular weight excluding hydrogens is 488 g/mol. The highest BCUT2D eigenvalue weighted by Gasteiger charge is 2.09. The Kier molecular flexibility index (Phi) is 8.27. The lowest BCUT2D eigenvalue weighted by molar-refractivity contribution is 0.103. The first-order valence-corrected chi connectivity index (χ1v) is 13.6. The first-order valence-electron chi connectivity index (χ1n) is 13.6. The summed E-state index contributed by atoms with van der Waals surface area (Å²) in [6.45, 7) is 4.03. The number of rotatable bonds is 9. The maximum absolute atomic E-state index is 12.7. The fourth-order valence-electron chi connectivity index (χ4n) is 4.65. The van der Waals surface area contributed by atoms with Gasteiger partial charge in [-0.25, -0.2) is 0 Å². The quantitative estimate of drug-likeness (QED) is 0.144. The molecule has 0 amide bonds. The second kappa shape index (κ2) is 12.4. The molecule has 2 nitrogen and oxygen atoms in total. The Morgan fingerprint density at radius 1 is 0.475 bits per heavy atom. The average Bonchev–Trinajstić information content (AvgIpc) is 3.00. The molecule has 0 radical (unpaired) electrons. The molecule has 40 heavy (non-hydrogen) atoms. The van der Waals surface area contributed by atoms with Crippen LogP contribution in [0.5, 0.6) is 0 Å². The first kappa shape index (κ1) is 26.8. The summed E-state index contributed by atoms with van der Waals surface area (Å²) in [6, 6.07) is 39.6. The Bertz CT molecular complexity index is 1640. The molecule has 0 N–H and O–H groups in total. The van der Waals surface area contributed by atoms with Gasteiger partial charge >= 0.3 is 0 Å². The van der Waals surface area contributed by atoms with Crippen molar-refractivity contribution in [3.63, 3.8) is 0 Å². The number of carbonyl (C=O) groups excluding carboxylic acids is 2. The van der Waals surface area contributed by atoms with Gasteiger partial charge in [0.25, 0.3) is 0 Å². The predicted octanol–water partition coefficient (Wildman–Crippen LogP) is 8.72. The molecule has 0 spiro atoms. The van der Waals surface area contributed by atoms with E-state index < -0.39 is 0 Å². The standard InChI is InChI=1S/C38H32O2/c1-27-6-18-33(19-7-27)37(39)35-22-14-29(15-23-35)10-12-31-4-3-5-32(26-31)13-11-30-16-24-36(25-17-30)38(40)34-20-8-28(2)9-21-34/h3-10,12,14-26H,11,13H2,1-2H3. The second-order valence-electron chi connectivity index (χ2n) is 10.3. The zero-order chi connectivity index (χ0) is 27.9. The molecule has 0 aliphatic heterocycles.